The summed E-state index contributed by atoms with van der Waals surface area (Å²) in [6.07, 6.45) is 1.74. The zero-order valence-corrected chi connectivity index (χ0v) is 11.6. The molecule has 0 aliphatic rings. The summed E-state index contributed by atoms with van der Waals surface area (Å²) in [7, 11) is 0. The van der Waals surface area contributed by atoms with E-state index in [4.69, 9.17) is 5.73 Å². The number of hydrogen-bond acceptors (Lipinski definition) is 4. The van der Waals surface area contributed by atoms with Crippen LogP contribution in [0.5, 0.6) is 0 Å². The van der Waals surface area contributed by atoms with Gasteiger partial charge >= 0.3 is 0 Å². The molecule has 0 atom stereocenters. The second-order valence-corrected chi connectivity index (χ2v) is 5.48. The van der Waals surface area contributed by atoms with Crippen LogP contribution >= 0.6 is 27.3 Å². The Labute approximate surface area is 116 Å². The minimum absolute atomic E-state index is 0.586. The zero-order valence-electron chi connectivity index (χ0n) is 9.25. The topological polar surface area (TPSA) is 56.7 Å². The third-order valence-corrected chi connectivity index (χ3v) is 3.75. The van der Waals surface area contributed by atoms with Gasteiger partial charge in [-0.2, -0.15) is 9.78 Å². The maximum atomic E-state index is 5.96. The minimum Gasteiger partial charge on any atom is -0.383 e. The van der Waals surface area contributed by atoms with Gasteiger partial charge in [-0.3, -0.25) is 0 Å². The fourth-order valence-corrected chi connectivity index (χ4v) is 2.51. The monoisotopic (exact) mass is 320 g/mol. The van der Waals surface area contributed by atoms with Gasteiger partial charge in [-0.15, -0.1) is 11.3 Å². The lowest BCUT2D eigenvalue weighted by Crippen LogP contribution is -2.00. The van der Waals surface area contributed by atoms with E-state index in [2.05, 4.69) is 26.0 Å². The summed E-state index contributed by atoms with van der Waals surface area (Å²) in [5.41, 5.74) is 7.83. The lowest BCUT2D eigenvalue weighted by atomic mass is 10.2. The van der Waals surface area contributed by atoms with E-state index in [0.29, 0.717) is 5.82 Å². The number of thiazole rings is 1. The van der Waals surface area contributed by atoms with E-state index in [1.807, 2.05) is 35.7 Å². The molecule has 2 N–H and O–H groups in total. The molecule has 0 saturated carbocycles. The molecule has 2 heterocycles. The average Bonchev–Trinajstić information content (AvgIpc) is 2.99. The lowest BCUT2D eigenvalue weighted by molar-refractivity contribution is 0.884. The van der Waals surface area contributed by atoms with Crippen LogP contribution in [0.15, 0.2) is 46.4 Å². The van der Waals surface area contributed by atoms with Gasteiger partial charge < -0.3 is 5.73 Å². The highest BCUT2D eigenvalue weighted by molar-refractivity contribution is 9.10. The van der Waals surface area contributed by atoms with Gasteiger partial charge in [-0.25, -0.2) is 4.98 Å². The Morgan fingerprint density at radius 2 is 2.00 bits per heavy atom. The molecular weight excluding hydrogens is 312 g/mol. The van der Waals surface area contributed by atoms with Crippen LogP contribution in [-0.2, 0) is 0 Å². The van der Waals surface area contributed by atoms with Crippen molar-refractivity contribution in [2.24, 2.45) is 0 Å². The molecule has 4 nitrogen and oxygen atoms in total. The number of nitrogens with two attached hydrogens (primary N) is 1. The van der Waals surface area contributed by atoms with E-state index in [1.165, 1.54) is 11.3 Å². The molecule has 0 radical (unpaired) electrons. The number of aromatic nitrogens is 3. The Kier molecular flexibility index (Phi) is 2.89. The quantitative estimate of drug-likeness (QED) is 0.787. The fraction of sp³-hybridized carbons (Fsp3) is 0. The first-order valence-electron chi connectivity index (χ1n) is 5.25. The molecule has 0 bridgehead atoms. The van der Waals surface area contributed by atoms with Crippen molar-refractivity contribution in [3.8, 4) is 16.4 Å². The summed E-state index contributed by atoms with van der Waals surface area (Å²) in [4.78, 5) is 4.20. The molecule has 0 unspecified atom stereocenters. The number of rotatable bonds is 2. The first-order valence-corrected chi connectivity index (χ1v) is 6.92. The maximum absolute atomic E-state index is 5.96. The molecule has 2 aromatic heterocycles. The van der Waals surface area contributed by atoms with Crippen LogP contribution in [0.1, 0.15) is 0 Å². The van der Waals surface area contributed by atoms with Crippen molar-refractivity contribution in [3.05, 3.63) is 46.4 Å². The number of nitrogen functional groups attached to an aromatic ring is 1. The Bertz CT molecular complexity index is 658. The first kappa shape index (κ1) is 11.4. The maximum Gasteiger partial charge on any atom is 0.212 e. The third-order valence-electron chi connectivity index (χ3n) is 2.48. The summed E-state index contributed by atoms with van der Waals surface area (Å²) >= 11 is 4.91. The van der Waals surface area contributed by atoms with E-state index in [-0.39, 0.29) is 0 Å². The SMILES string of the molecule is Nc1cc(-c2ccc(Br)cc2)nn1-c1nccs1. The van der Waals surface area contributed by atoms with E-state index >= 15 is 0 Å². The molecule has 0 aliphatic heterocycles. The summed E-state index contributed by atoms with van der Waals surface area (Å²) in [6.45, 7) is 0. The largest absolute Gasteiger partial charge is 0.383 e. The Morgan fingerprint density at radius 1 is 1.22 bits per heavy atom. The van der Waals surface area contributed by atoms with Crippen LogP contribution in [0.2, 0.25) is 0 Å². The average molecular weight is 321 g/mol. The van der Waals surface area contributed by atoms with E-state index in [0.717, 1.165) is 20.9 Å². The molecule has 0 spiro atoms. The number of benzene rings is 1. The molecule has 3 aromatic rings. The Balaban J connectivity index is 2.05. The van der Waals surface area contributed by atoms with Gasteiger partial charge in [-0.1, -0.05) is 28.1 Å². The van der Waals surface area contributed by atoms with Crippen LogP contribution in [0.3, 0.4) is 0 Å². The van der Waals surface area contributed by atoms with Crippen molar-refractivity contribution >= 4 is 33.1 Å². The zero-order chi connectivity index (χ0) is 12.5. The highest BCUT2D eigenvalue weighted by Crippen LogP contribution is 2.24. The number of halogens is 1. The lowest BCUT2D eigenvalue weighted by Gasteiger charge is -1.97. The Hall–Kier alpha value is -1.66. The van der Waals surface area contributed by atoms with Gasteiger partial charge in [0.05, 0.1) is 5.69 Å². The number of anilines is 1. The van der Waals surface area contributed by atoms with Gasteiger partial charge in [0.1, 0.15) is 5.82 Å². The van der Waals surface area contributed by atoms with Crippen molar-refractivity contribution in [3.63, 3.8) is 0 Å². The smallest absolute Gasteiger partial charge is 0.212 e. The van der Waals surface area contributed by atoms with E-state index < -0.39 is 0 Å². The summed E-state index contributed by atoms with van der Waals surface area (Å²) in [6, 6.07) is 9.81. The molecule has 90 valence electrons. The van der Waals surface area contributed by atoms with Crippen molar-refractivity contribution in [2.75, 3.05) is 5.73 Å². The van der Waals surface area contributed by atoms with Gasteiger partial charge in [0.15, 0.2) is 0 Å². The molecule has 0 aliphatic carbocycles. The fourth-order valence-electron chi connectivity index (χ4n) is 1.63. The van der Waals surface area contributed by atoms with Gasteiger partial charge in [0, 0.05) is 27.7 Å². The van der Waals surface area contributed by atoms with Crippen molar-refractivity contribution < 1.29 is 0 Å². The molecule has 0 fully saturated rings. The van der Waals surface area contributed by atoms with Crippen molar-refractivity contribution in [2.45, 2.75) is 0 Å². The van der Waals surface area contributed by atoms with Crippen molar-refractivity contribution in [1.82, 2.24) is 14.8 Å². The predicted molar refractivity (Wildman–Crippen MR) is 76.8 cm³/mol. The molecular formula is C12H9BrN4S. The van der Waals surface area contributed by atoms with Gasteiger partial charge in [0.25, 0.3) is 0 Å². The normalized spacial score (nSPS) is 10.7. The predicted octanol–water partition coefficient (Wildman–Crippen LogP) is 3.34. The second kappa shape index (κ2) is 4.55. The van der Waals surface area contributed by atoms with Gasteiger partial charge in [-0.05, 0) is 12.1 Å². The molecule has 6 heteroatoms. The first-order chi connectivity index (χ1) is 8.74. The highest BCUT2D eigenvalue weighted by atomic mass is 79.9. The summed E-state index contributed by atoms with van der Waals surface area (Å²) < 4.78 is 2.70. The summed E-state index contributed by atoms with van der Waals surface area (Å²) in [5.74, 6) is 0.586. The van der Waals surface area contributed by atoms with Crippen LogP contribution in [-0.4, -0.2) is 14.8 Å². The molecule has 0 amide bonds. The van der Waals surface area contributed by atoms with Crippen LogP contribution in [0.4, 0.5) is 5.82 Å². The Morgan fingerprint density at radius 3 is 2.67 bits per heavy atom. The molecule has 1 aromatic carbocycles. The van der Waals surface area contributed by atoms with E-state index in [9.17, 15) is 0 Å². The number of hydrogen-bond donors (Lipinski definition) is 1. The number of nitrogens with zero attached hydrogens (tertiary/aromatic N) is 3. The highest BCUT2D eigenvalue weighted by Gasteiger charge is 2.10. The molecule has 0 saturated heterocycles. The summed E-state index contributed by atoms with van der Waals surface area (Å²) in [5, 5.41) is 7.15. The molecule has 3 rings (SSSR count). The van der Waals surface area contributed by atoms with E-state index in [1.54, 1.807) is 10.9 Å². The van der Waals surface area contributed by atoms with Gasteiger partial charge in [0.2, 0.25) is 5.13 Å². The van der Waals surface area contributed by atoms with Crippen LogP contribution < -0.4 is 5.73 Å². The third kappa shape index (κ3) is 2.04. The molecule has 18 heavy (non-hydrogen) atoms. The van der Waals surface area contributed by atoms with Crippen LogP contribution in [0, 0.1) is 0 Å². The van der Waals surface area contributed by atoms with Crippen molar-refractivity contribution in [1.29, 1.82) is 0 Å². The van der Waals surface area contributed by atoms with Crippen LogP contribution in [0.25, 0.3) is 16.4 Å². The minimum atomic E-state index is 0.586. The standard InChI is InChI=1S/C12H9BrN4S/c13-9-3-1-8(2-4-9)10-7-11(14)17(16-10)12-15-5-6-18-12/h1-7H,14H2. The second-order valence-electron chi connectivity index (χ2n) is 3.69.